The van der Waals surface area contributed by atoms with Crippen molar-refractivity contribution in [3.8, 4) is 11.5 Å². The number of ether oxygens (including phenoxy) is 1. The van der Waals surface area contributed by atoms with Crippen LogP contribution in [0.15, 0.2) is 30.3 Å². The largest absolute Gasteiger partial charge is 0.450 e. The van der Waals surface area contributed by atoms with Crippen molar-refractivity contribution in [2.24, 2.45) is 0 Å². The second-order valence-corrected chi connectivity index (χ2v) is 5.38. The number of halogens is 2. The molecule has 0 saturated carbocycles. The van der Waals surface area contributed by atoms with E-state index >= 15 is 0 Å². The Balaban J connectivity index is 2.51. The highest BCUT2D eigenvalue weighted by atomic mass is 35.5. The second-order valence-electron chi connectivity index (χ2n) is 4.67. The van der Waals surface area contributed by atoms with Gasteiger partial charge in [-0.1, -0.05) is 17.7 Å². The summed E-state index contributed by atoms with van der Waals surface area (Å²) >= 11 is 11.8. The fraction of sp³-hybridized carbons (Fsp3) is 0.200. The molecule has 0 amide bonds. The third-order valence-corrected chi connectivity index (χ3v) is 3.50. The molecule has 2 rings (SSSR count). The molecule has 2 aromatic carbocycles. The molecule has 0 atom stereocenters. The predicted molar refractivity (Wildman–Crippen MR) is 83.7 cm³/mol. The quantitative estimate of drug-likeness (QED) is 0.430. The van der Waals surface area contributed by atoms with Crippen molar-refractivity contribution in [3.63, 3.8) is 0 Å². The van der Waals surface area contributed by atoms with Crippen LogP contribution in [0.4, 0.5) is 5.69 Å². The van der Waals surface area contributed by atoms with Gasteiger partial charge in [-0.3, -0.25) is 10.1 Å². The van der Waals surface area contributed by atoms with E-state index in [-0.39, 0.29) is 17.3 Å². The number of aryl methyl sites for hydroxylation is 2. The van der Waals surface area contributed by atoms with E-state index in [4.69, 9.17) is 27.9 Å². The van der Waals surface area contributed by atoms with Crippen molar-refractivity contribution in [3.05, 3.63) is 62.2 Å². The number of benzene rings is 2. The molecule has 4 nitrogen and oxygen atoms in total. The van der Waals surface area contributed by atoms with Crippen LogP contribution in [0.25, 0.3) is 0 Å². The first-order valence-electron chi connectivity index (χ1n) is 6.20. The van der Waals surface area contributed by atoms with E-state index in [0.717, 1.165) is 5.56 Å². The van der Waals surface area contributed by atoms with Crippen LogP contribution in [0.5, 0.6) is 11.5 Å². The van der Waals surface area contributed by atoms with Crippen LogP contribution in [-0.2, 0) is 5.88 Å². The lowest BCUT2D eigenvalue weighted by Gasteiger charge is -2.13. The zero-order chi connectivity index (χ0) is 15.6. The monoisotopic (exact) mass is 325 g/mol. The van der Waals surface area contributed by atoms with Crippen molar-refractivity contribution >= 4 is 28.9 Å². The predicted octanol–water partition coefficient (Wildman–Crippen LogP) is 5.40. The molecule has 0 heterocycles. The van der Waals surface area contributed by atoms with Gasteiger partial charge in [-0.25, -0.2) is 0 Å². The maximum atomic E-state index is 11.2. The highest BCUT2D eigenvalue weighted by Gasteiger charge is 2.20. The summed E-state index contributed by atoms with van der Waals surface area (Å²) in [4.78, 5) is 10.8. The van der Waals surface area contributed by atoms with Gasteiger partial charge in [-0.15, -0.1) is 11.6 Å². The summed E-state index contributed by atoms with van der Waals surface area (Å²) in [6.45, 7) is 3.57. The molecular weight excluding hydrogens is 313 g/mol. The molecule has 110 valence electrons. The number of nitro benzene ring substituents is 1. The summed E-state index contributed by atoms with van der Waals surface area (Å²) in [5, 5.41) is 11.7. The number of nitro groups is 1. The molecular formula is C15H13Cl2NO3. The fourth-order valence-electron chi connectivity index (χ4n) is 2.06. The SMILES string of the molecule is Cc1cc(C)c(Oc2ccc(Cl)cc2CCl)c([N+](=O)[O-])c1. The van der Waals surface area contributed by atoms with Gasteiger partial charge in [-0.2, -0.15) is 0 Å². The molecule has 6 heteroatoms. The van der Waals surface area contributed by atoms with Crippen molar-refractivity contribution in [1.29, 1.82) is 0 Å². The van der Waals surface area contributed by atoms with Crippen molar-refractivity contribution in [2.45, 2.75) is 19.7 Å². The standard InChI is InChI=1S/C15H13Cl2NO3/c1-9-5-10(2)15(13(6-9)18(19)20)21-14-4-3-12(17)7-11(14)8-16/h3-7H,8H2,1-2H3. The van der Waals surface area contributed by atoms with E-state index in [0.29, 0.717) is 21.9 Å². The molecule has 0 aliphatic heterocycles. The maximum Gasteiger partial charge on any atom is 0.312 e. The lowest BCUT2D eigenvalue weighted by atomic mass is 10.1. The molecule has 0 fully saturated rings. The minimum absolute atomic E-state index is 0.0667. The maximum absolute atomic E-state index is 11.2. The topological polar surface area (TPSA) is 52.4 Å². The normalized spacial score (nSPS) is 10.5. The van der Waals surface area contributed by atoms with Gasteiger partial charge >= 0.3 is 5.69 Å². The first-order valence-corrected chi connectivity index (χ1v) is 7.11. The van der Waals surface area contributed by atoms with Crippen LogP contribution in [0.3, 0.4) is 0 Å². The average Bonchev–Trinajstić information content (AvgIpc) is 2.42. The Bertz CT molecular complexity index is 702. The van der Waals surface area contributed by atoms with Crippen LogP contribution in [-0.4, -0.2) is 4.92 Å². The van der Waals surface area contributed by atoms with Crippen molar-refractivity contribution in [2.75, 3.05) is 0 Å². The number of nitrogens with zero attached hydrogens (tertiary/aromatic N) is 1. The summed E-state index contributed by atoms with van der Waals surface area (Å²) in [5.74, 6) is 0.887. The molecule has 0 aromatic heterocycles. The molecule has 21 heavy (non-hydrogen) atoms. The lowest BCUT2D eigenvalue weighted by Crippen LogP contribution is -1.98. The minimum Gasteiger partial charge on any atom is -0.450 e. The zero-order valence-electron chi connectivity index (χ0n) is 11.5. The van der Waals surface area contributed by atoms with Crippen LogP contribution < -0.4 is 4.74 Å². The highest BCUT2D eigenvalue weighted by molar-refractivity contribution is 6.30. The van der Waals surface area contributed by atoms with E-state index in [2.05, 4.69) is 0 Å². The van der Waals surface area contributed by atoms with Crippen LogP contribution in [0.1, 0.15) is 16.7 Å². The molecule has 0 aliphatic carbocycles. The smallest absolute Gasteiger partial charge is 0.312 e. The third kappa shape index (κ3) is 3.46. The van der Waals surface area contributed by atoms with Crippen LogP contribution in [0, 0.1) is 24.0 Å². The number of alkyl halides is 1. The molecule has 0 N–H and O–H groups in total. The van der Waals surface area contributed by atoms with Gasteiger partial charge in [0.1, 0.15) is 5.75 Å². The Morgan fingerprint density at radius 1 is 1.24 bits per heavy atom. The van der Waals surface area contributed by atoms with Gasteiger partial charge in [0.25, 0.3) is 0 Å². The molecule has 0 spiro atoms. The van der Waals surface area contributed by atoms with E-state index in [9.17, 15) is 10.1 Å². The summed E-state index contributed by atoms with van der Waals surface area (Å²) in [7, 11) is 0. The van der Waals surface area contributed by atoms with Crippen molar-refractivity contribution < 1.29 is 9.66 Å². The van der Waals surface area contributed by atoms with Crippen molar-refractivity contribution in [1.82, 2.24) is 0 Å². The van der Waals surface area contributed by atoms with Gasteiger partial charge in [-0.05, 0) is 43.2 Å². The Kier molecular flexibility index (Phi) is 4.70. The van der Waals surface area contributed by atoms with Gasteiger partial charge in [0, 0.05) is 16.7 Å². The molecule has 2 aromatic rings. The molecule has 0 radical (unpaired) electrons. The average molecular weight is 326 g/mol. The molecule has 0 unspecified atom stereocenters. The Morgan fingerprint density at radius 3 is 2.57 bits per heavy atom. The molecule has 0 saturated heterocycles. The van der Waals surface area contributed by atoms with Gasteiger partial charge in [0.05, 0.1) is 10.8 Å². The van der Waals surface area contributed by atoms with E-state index < -0.39 is 4.92 Å². The number of rotatable bonds is 4. The Labute approximate surface area is 132 Å². The summed E-state index contributed by atoms with van der Waals surface area (Å²) < 4.78 is 5.75. The highest BCUT2D eigenvalue weighted by Crippen LogP contribution is 2.37. The first kappa shape index (κ1) is 15.6. The lowest BCUT2D eigenvalue weighted by molar-refractivity contribution is -0.385. The van der Waals surface area contributed by atoms with Gasteiger partial charge < -0.3 is 4.74 Å². The van der Waals surface area contributed by atoms with Crippen LogP contribution >= 0.6 is 23.2 Å². The Morgan fingerprint density at radius 2 is 1.95 bits per heavy atom. The summed E-state index contributed by atoms with van der Waals surface area (Å²) in [6.07, 6.45) is 0. The summed E-state index contributed by atoms with van der Waals surface area (Å²) in [6, 6.07) is 8.31. The molecule has 0 aliphatic rings. The molecule has 0 bridgehead atoms. The Hall–Kier alpha value is -1.78. The second kappa shape index (κ2) is 6.33. The summed E-state index contributed by atoms with van der Waals surface area (Å²) in [5.41, 5.74) is 2.11. The number of hydrogen-bond acceptors (Lipinski definition) is 3. The van der Waals surface area contributed by atoms with Gasteiger partial charge in [0.2, 0.25) is 5.75 Å². The first-order chi connectivity index (χ1) is 9.92. The third-order valence-electron chi connectivity index (χ3n) is 2.97. The fourth-order valence-corrected chi connectivity index (χ4v) is 2.47. The minimum atomic E-state index is -0.453. The van der Waals surface area contributed by atoms with E-state index in [1.54, 1.807) is 32.0 Å². The van der Waals surface area contributed by atoms with E-state index in [1.165, 1.54) is 6.07 Å². The van der Waals surface area contributed by atoms with Crippen LogP contribution in [0.2, 0.25) is 5.02 Å². The zero-order valence-corrected chi connectivity index (χ0v) is 13.0. The van der Waals surface area contributed by atoms with E-state index in [1.807, 2.05) is 6.07 Å². The number of hydrogen-bond donors (Lipinski definition) is 0. The van der Waals surface area contributed by atoms with Gasteiger partial charge in [0.15, 0.2) is 0 Å².